The summed E-state index contributed by atoms with van der Waals surface area (Å²) in [4.78, 5) is 10.8. The van der Waals surface area contributed by atoms with E-state index in [1.165, 1.54) is 11.1 Å². The molecule has 0 atom stereocenters. The number of nitrogens with two attached hydrogens (primary N) is 1. The number of rotatable bonds is 3. The maximum atomic E-state index is 10.8. The molecule has 0 amide bonds. The number of carbonyl (C=O) groups excluding carboxylic acids is 1. The molecule has 2 N–H and O–H groups in total. The highest BCUT2D eigenvalue weighted by molar-refractivity contribution is 5.75. The fraction of sp³-hybridized carbons (Fsp3) is 0.364. The van der Waals surface area contributed by atoms with Crippen molar-refractivity contribution in [2.45, 2.75) is 26.7 Å². The highest BCUT2D eigenvalue weighted by Crippen LogP contribution is 2.14. The first kappa shape index (κ1) is 9.78. The zero-order valence-electron chi connectivity index (χ0n) is 8.13. The lowest BCUT2D eigenvalue weighted by atomic mass is 10.0. The van der Waals surface area contributed by atoms with Gasteiger partial charge in [-0.3, -0.25) is 0 Å². The summed E-state index contributed by atoms with van der Waals surface area (Å²) in [6, 6.07) is 5.82. The number of hydrogen-bond acceptors (Lipinski definition) is 2. The van der Waals surface area contributed by atoms with Crippen LogP contribution in [0.5, 0.6) is 0 Å². The van der Waals surface area contributed by atoms with Gasteiger partial charge < -0.3 is 10.5 Å². The molecule has 0 bridgehead atoms. The second-order valence-corrected chi connectivity index (χ2v) is 3.39. The predicted octanol–water partition coefficient (Wildman–Crippen LogP) is 2.10. The molecule has 0 radical (unpaired) electrons. The molecule has 70 valence electrons. The molecule has 0 spiro atoms. The predicted molar refractivity (Wildman–Crippen MR) is 54.6 cm³/mol. The van der Waals surface area contributed by atoms with Gasteiger partial charge in [-0.15, -0.1) is 0 Å². The van der Waals surface area contributed by atoms with Crippen LogP contribution in [0.15, 0.2) is 18.2 Å². The minimum Gasteiger partial charge on any atom is -0.399 e. The fourth-order valence-corrected chi connectivity index (χ4v) is 1.27. The topological polar surface area (TPSA) is 43.1 Å². The average molecular weight is 177 g/mol. The van der Waals surface area contributed by atoms with Crippen LogP contribution in [0, 0.1) is 6.92 Å². The normalized spacial score (nSPS) is 10.0. The van der Waals surface area contributed by atoms with Crippen molar-refractivity contribution in [1.29, 1.82) is 0 Å². The van der Waals surface area contributed by atoms with Gasteiger partial charge in [0, 0.05) is 12.1 Å². The molecule has 0 aliphatic heterocycles. The monoisotopic (exact) mass is 177 g/mol. The van der Waals surface area contributed by atoms with E-state index in [-0.39, 0.29) is 5.78 Å². The molecule has 0 aliphatic rings. The fourth-order valence-electron chi connectivity index (χ4n) is 1.27. The van der Waals surface area contributed by atoms with E-state index in [2.05, 4.69) is 0 Å². The Morgan fingerprint density at radius 1 is 1.46 bits per heavy atom. The quantitative estimate of drug-likeness (QED) is 0.718. The molecule has 1 aromatic rings. The summed E-state index contributed by atoms with van der Waals surface area (Å²) in [6.07, 6.45) is 1.40. The third kappa shape index (κ3) is 2.90. The first-order chi connectivity index (χ1) is 6.09. The molecule has 0 unspecified atom stereocenters. The van der Waals surface area contributed by atoms with Crippen molar-refractivity contribution < 1.29 is 4.79 Å². The van der Waals surface area contributed by atoms with Crippen LogP contribution in [0.4, 0.5) is 5.69 Å². The summed E-state index contributed by atoms with van der Waals surface area (Å²) >= 11 is 0. The summed E-state index contributed by atoms with van der Waals surface area (Å²) in [6.45, 7) is 3.65. The number of hydrogen-bond donors (Lipinski definition) is 1. The Bertz CT molecular complexity index is 318. The first-order valence-electron chi connectivity index (χ1n) is 4.44. The number of ketones is 1. The van der Waals surface area contributed by atoms with E-state index in [0.29, 0.717) is 6.42 Å². The largest absolute Gasteiger partial charge is 0.399 e. The summed E-state index contributed by atoms with van der Waals surface area (Å²) in [5, 5.41) is 0. The van der Waals surface area contributed by atoms with Crippen LogP contribution < -0.4 is 5.73 Å². The van der Waals surface area contributed by atoms with Crippen molar-refractivity contribution in [3.63, 3.8) is 0 Å². The van der Waals surface area contributed by atoms with Gasteiger partial charge in [0.2, 0.25) is 0 Å². The van der Waals surface area contributed by atoms with Crippen molar-refractivity contribution in [3.8, 4) is 0 Å². The maximum Gasteiger partial charge on any atom is 0.130 e. The van der Waals surface area contributed by atoms with E-state index in [1.54, 1.807) is 6.92 Å². The van der Waals surface area contributed by atoms with E-state index < -0.39 is 0 Å². The second-order valence-electron chi connectivity index (χ2n) is 3.39. The van der Waals surface area contributed by atoms with Crippen molar-refractivity contribution in [3.05, 3.63) is 29.3 Å². The molecule has 0 saturated heterocycles. The van der Waals surface area contributed by atoms with Gasteiger partial charge >= 0.3 is 0 Å². The van der Waals surface area contributed by atoms with Gasteiger partial charge in [0.05, 0.1) is 0 Å². The molecule has 2 heteroatoms. The Hall–Kier alpha value is -1.31. The van der Waals surface area contributed by atoms with Crippen LogP contribution in [0.3, 0.4) is 0 Å². The third-order valence-corrected chi connectivity index (χ3v) is 2.12. The Balaban J connectivity index is 2.75. The van der Waals surface area contributed by atoms with Crippen LogP contribution >= 0.6 is 0 Å². The summed E-state index contributed by atoms with van der Waals surface area (Å²) in [7, 11) is 0. The lowest BCUT2D eigenvalue weighted by Gasteiger charge is -2.05. The Labute approximate surface area is 78.8 Å². The zero-order chi connectivity index (χ0) is 9.84. The van der Waals surface area contributed by atoms with Gasteiger partial charge in [0.15, 0.2) is 0 Å². The van der Waals surface area contributed by atoms with Crippen molar-refractivity contribution in [2.24, 2.45) is 0 Å². The molecular weight excluding hydrogens is 162 g/mol. The Kier molecular flexibility index (Phi) is 3.07. The van der Waals surface area contributed by atoms with Crippen molar-refractivity contribution in [2.75, 3.05) is 5.73 Å². The van der Waals surface area contributed by atoms with Gasteiger partial charge in [-0.1, -0.05) is 6.07 Å². The number of Topliss-reactive ketones (excluding diaryl/α,β-unsaturated/α-hetero) is 1. The number of anilines is 1. The van der Waals surface area contributed by atoms with Crippen LogP contribution in [-0.4, -0.2) is 5.78 Å². The molecule has 0 fully saturated rings. The van der Waals surface area contributed by atoms with Gasteiger partial charge in [-0.05, 0) is 43.5 Å². The average Bonchev–Trinajstić information content (AvgIpc) is 2.06. The van der Waals surface area contributed by atoms with Gasteiger partial charge in [0.1, 0.15) is 5.78 Å². The van der Waals surface area contributed by atoms with E-state index in [9.17, 15) is 4.79 Å². The SMILES string of the molecule is CC(=O)CCc1cc(N)ccc1C. The Morgan fingerprint density at radius 2 is 2.15 bits per heavy atom. The molecule has 13 heavy (non-hydrogen) atoms. The molecule has 1 aromatic carbocycles. The zero-order valence-corrected chi connectivity index (χ0v) is 8.13. The molecule has 2 nitrogen and oxygen atoms in total. The molecule has 0 aromatic heterocycles. The molecule has 1 rings (SSSR count). The van der Waals surface area contributed by atoms with Crippen LogP contribution in [0.2, 0.25) is 0 Å². The van der Waals surface area contributed by atoms with E-state index in [0.717, 1.165) is 12.1 Å². The maximum absolute atomic E-state index is 10.8. The number of carbonyl (C=O) groups is 1. The van der Waals surface area contributed by atoms with Crippen LogP contribution in [-0.2, 0) is 11.2 Å². The minimum atomic E-state index is 0.224. The van der Waals surface area contributed by atoms with E-state index in [4.69, 9.17) is 5.73 Å². The smallest absolute Gasteiger partial charge is 0.130 e. The highest BCUT2D eigenvalue weighted by Gasteiger charge is 2.00. The number of aryl methyl sites for hydroxylation is 2. The van der Waals surface area contributed by atoms with Crippen LogP contribution in [0.1, 0.15) is 24.5 Å². The van der Waals surface area contributed by atoms with Crippen molar-refractivity contribution >= 4 is 11.5 Å². The Morgan fingerprint density at radius 3 is 2.77 bits per heavy atom. The number of nitrogen functional groups attached to an aromatic ring is 1. The van der Waals surface area contributed by atoms with Crippen LogP contribution in [0.25, 0.3) is 0 Å². The van der Waals surface area contributed by atoms with Crippen molar-refractivity contribution in [1.82, 2.24) is 0 Å². The lowest BCUT2D eigenvalue weighted by molar-refractivity contribution is -0.116. The summed E-state index contributed by atoms with van der Waals surface area (Å²) in [5.41, 5.74) is 8.80. The third-order valence-electron chi connectivity index (χ3n) is 2.12. The molecule has 0 saturated carbocycles. The molecular formula is C11H15NO. The lowest BCUT2D eigenvalue weighted by Crippen LogP contribution is -1.97. The van der Waals surface area contributed by atoms with E-state index >= 15 is 0 Å². The highest BCUT2D eigenvalue weighted by atomic mass is 16.1. The molecule has 0 heterocycles. The summed E-state index contributed by atoms with van der Waals surface area (Å²) in [5.74, 6) is 0.224. The molecule has 0 aliphatic carbocycles. The van der Waals surface area contributed by atoms with Gasteiger partial charge in [-0.25, -0.2) is 0 Å². The standard InChI is InChI=1S/C11H15NO/c1-8-3-6-11(12)7-10(8)5-4-9(2)13/h3,6-7H,4-5,12H2,1-2H3. The minimum absolute atomic E-state index is 0.224. The van der Waals surface area contributed by atoms with Gasteiger partial charge in [0.25, 0.3) is 0 Å². The summed E-state index contributed by atoms with van der Waals surface area (Å²) < 4.78 is 0. The second kappa shape index (κ2) is 4.08. The first-order valence-corrected chi connectivity index (χ1v) is 4.44. The number of benzene rings is 1. The van der Waals surface area contributed by atoms with E-state index in [1.807, 2.05) is 25.1 Å². The van der Waals surface area contributed by atoms with Gasteiger partial charge in [-0.2, -0.15) is 0 Å².